The highest BCUT2D eigenvalue weighted by molar-refractivity contribution is 7.99. The van der Waals surface area contributed by atoms with E-state index in [0.29, 0.717) is 6.54 Å². The molecule has 4 heteroatoms. The van der Waals surface area contributed by atoms with Crippen LogP contribution in [0.2, 0.25) is 0 Å². The van der Waals surface area contributed by atoms with Gasteiger partial charge in [0.05, 0.1) is 5.01 Å². The minimum absolute atomic E-state index is 0.637. The molecule has 0 saturated carbocycles. The van der Waals surface area contributed by atoms with Gasteiger partial charge in [-0.1, -0.05) is 0 Å². The third-order valence-corrected chi connectivity index (χ3v) is 4.70. The summed E-state index contributed by atoms with van der Waals surface area (Å²) in [5, 5.41) is 1.28. The lowest BCUT2D eigenvalue weighted by atomic mass is 9.99. The van der Waals surface area contributed by atoms with Crippen LogP contribution < -0.4 is 5.73 Å². The number of nitrogens with zero attached hydrogens (tertiary/aromatic N) is 1. The van der Waals surface area contributed by atoms with Gasteiger partial charge in [-0.25, -0.2) is 4.98 Å². The normalized spacial score (nSPS) is 18.6. The van der Waals surface area contributed by atoms with Crippen molar-refractivity contribution in [2.24, 2.45) is 11.7 Å². The van der Waals surface area contributed by atoms with Crippen molar-refractivity contribution in [1.82, 2.24) is 4.98 Å². The topological polar surface area (TPSA) is 38.9 Å². The predicted octanol–water partition coefficient (Wildman–Crippen LogP) is 2.29. The Hall–Kier alpha value is -0.0600. The van der Waals surface area contributed by atoms with E-state index in [9.17, 15) is 0 Å². The summed E-state index contributed by atoms with van der Waals surface area (Å²) in [6.07, 6.45) is 5.83. The first-order valence-electron chi connectivity index (χ1n) is 5.10. The third-order valence-electron chi connectivity index (χ3n) is 2.61. The van der Waals surface area contributed by atoms with Gasteiger partial charge in [0, 0.05) is 24.0 Å². The summed E-state index contributed by atoms with van der Waals surface area (Å²) in [4.78, 5) is 5.63. The molecule has 0 unspecified atom stereocenters. The van der Waals surface area contributed by atoms with E-state index in [1.54, 1.807) is 11.3 Å². The monoisotopic (exact) mass is 228 g/mol. The molecule has 2 rings (SSSR count). The summed E-state index contributed by atoms with van der Waals surface area (Å²) in [5.74, 6) is 3.53. The van der Waals surface area contributed by atoms with Crippen molar-refractivity contribution in [3.63, 3.8) is 0 Å². The van der Waals surface area contributed by atoms with Crippen LogP contribution in [0.1, 0.15) is 22.7 Å². The van der Waals surface area contributed by atoms with Crippen LogP contribution in [0.5, 0.6) is 0 Å². The summed E-state index contributed by atoms with van der Waals surface area (Å²) in [6.45, 7) is 0.637. The number of hydrogen-bond acceptors (Lipinski definition) is 4. The number of nitrogens with two attached hydrogens (primary N) is 1. The fourth-order valence-corrected chi connectivity index (χ4v) is 3.85. The molecule has 0 bridgehead atoms. The van der Waals surface area contributed by atoms with Crippen LogP contribution in [-0.2, 0) is 13.0 Å². The average molecular weight is 228 g/mol. The molecule has 2 nitrogen and oxygen atoms in total. The Morgan fingerprint density at radius 3 is 2.86 bits per heavy atom. The van der Waals surface area contributed by atoms with E-state index in [-0.39, 0.29) is 0 Å². The molecule has 0 spiro atoms. The third kappa shape index (κ3) is 2.72. The van der Waals surface area contributed by atoms with Crippen LogP contribution in [0.25, 0.3) is 0 Å². The molecule has 0 amide bonds. The number of aromatic nitrogens is 1. The maximum Gasteiger partial charge on any atom is 0.0930 e. The molecular formula is C10H16N2S2. The number of thiazole rings is 1. The molecule has 0 aromatic carbocycles. The fraction of sp³-hybridized carbons (Fsp3) is 0.700. The summed E-state index contributed by atoms with van der Waals surface area (Å²) >= 11 is 3.87. The zero-order chi connectivity index (χ0) is 9.80. The molecule has 14 heavy (non-hydrogen) atoms. The van der Waals surface area contributed by atoms with Gasteiger partial charge in [-0.2, -0.15) is 11.8 Å². The highest BCUT2D eigenvalue weighted by atomic mass is 32.2. The molecule has 1 aliphatic heterocycles. The summed E-state index contributed by atoms with van der Waals surface area (Å²) < 4.78 is 0. The van der Waals surface area contributed by atoms with Crippen LogP contribution in [0.4, 0.5) is 0 Å². The van der Waals surface area contributed by atoms with E-state index in [1.165, 1.54) is 40.7 Å². The Kier molecular flexibility index (Phi) is 3.84. The van der Waals surface area contributed by atoms with E-state index in [2.05, 4.69) is 16.7 Å². The van der Waals surface area contributed by atoms with Crippen molar-refractivity contribution >= 4 is 23.1 Å². The Labute approximate surface area is 93.3 Å². The molecule has 1 aromatic rings. The molecule has 0 aliphatic carbocycles. The molecule has 1 aromatic heterocycles. The van der Waals surface area contributed by atoms with Crippen molar-refractivity contribution in [3.05, 3.63) is 16.1 Å². The SMILES string of the molecule is NCc1cnc(CC2CCSCC2)s1. The van der Waals surface area contributed by atoms with E-state index >= 15 is 0 Å². The number of thioether (sulfide) groups is 1. The van der Waals surface area contributed by atoms with Gasteiger partial charge in [-0.15, -0.1) is 11.3 Å². The first kappa shape index (κ1) is 10.5. The van der Waals surface area contributed by atoms with Gasteiger partial charge in [0.1, 0.15) is 0 Å². The van der Waals surface area contributed by atoms with E-state index < -0.39 is 0 Å². The maximum absolute atomic E-state index is 5.56. The lowest BCUT2D eigenvalue weighted by molar-refractivity contribution is 0.487. The van der Waals surface area contributed by atoms with Gasteiger partial charge in [-0.3, -0.25) is 0 Å². The minimum Gasteiger partial charge on any atom is -0.326 e. The molecule has 1 fully saturated rings. The van der Waals surface area contributed by atoms with Crippen molar-refractivity contribution in [1.29, 1.82) is 0 Å². The second-order valence-electron chi connectivity index (χ2n) is 3.68. The molecule has 78 valence electrons. The summed E-state index contributed by atoms with van der Waals surface area (Å²) in [7, 11) is 0. The Morgan fingerprint density at radius 1 is 1.43 bits per heavy atom. The van der Waals surface area contributed by atoms with Crippen molar-refractivity contribution in [3.8, 4) is 0 Å². The van der Waals surface area contributed by atoms with Crippen LogP contribution >= 0.6 is 23.1 Å². The number of hydrogen-bond donors (Lipinski definition) is 1. The first-order chi connectivity index (χ1) is 6.88. The highest BCUT2D eigenvalue weighted by Crippen LogP contribution is 2.27. The Bertz CT molecular complexity index is 279. The quantitative estimate of drug-likeness (QED) is 0.862. The molecular weight excluding hydrogens is 212 g/mol. The van der Waals surface area contributed by atoms with E-state index in [1.807, 2.05) is 6.20 Å². The molecule has 1 saturated heterocycles. The summed E-state index contributed by atoms with van der Waals surface area (Å²) in [5.41, 5.74) is 5.56. The summed E-state index contributed by atoms with van der Waals surface area (Å²) in [6, 6.07) is 0. The second-order valence-corrected chi connectivity index (χ2v) is 6.11. The maximum atomic E-state index is 5.56. The fourth-order valence-electron chi connectivity index (χ4n) is 1.73. The minimum atomic E-state index is 0.637. The average Bonchev–Trinajstić information content (AvgIpc) is 2.67. The Balaban J connectivity index is 1.89. The standard InChI is InChI=1S/C10H16N2S2/c11-6-9-7-12-10(14-9)5-8-1-3-13-4-2-8/h7-8H,1-6,11H2. The highest BCUT2D eigenvalue weighted by Gasteiger charge is 2.15. The smallest absolute Gasteiger partial charge is 0.0930 e. The lowest BCUT2D eigenvalue weighted by Crippen LogP contribution is -2.11. The van der Waals surface area contributed by atoms with Crippen LogP contribution in [0, 0.1) is 5.92 Å². The molecule has 0 radical (unpaired) electrons. The molecule has 2 N–H and O–H groups in total. The van der Waals surface area contributed by atoms with Gasteiger partial charge in [-0.05, 0) is 30.3 Å². The predicted molar refractivity (Wildman–Crippen MR) is 63.8 cm³/mol. The largest absolute Gasteiger partial charge is 0.326 e. The second kappa shape index (κ2) is 5.14. The number of rotatable bonds is 3. The molecule has 0 atom stereocenters. The Morgan fingerprint density at radius 2 is 2.21 bits per heavy atom. The zero-order valence-electron chi connectivity index (χ0n) is 8.24. The molecule has 2 heterocycles. The van der Waals surface area contributed by atoms with Gasteiger partial charge >= 0.3 is 0 Å². The van der Waals surface area contributed by atoms with Crippen molar-refractivity contribution in [2.75, 3.05) is 11.5 Å². The van der Waals surface area contributed by atoms with Crippen LogP contribution in [-0.4, -0.2) is 16.5 Å². The van der Waals surface area contributed by atoms with Gasteiger partial charge in [0.15, 0.2) is 0 Å². The zero-order valence-corrected chi connectivity index (χ0v) is 9.87. The van der Waals surface area contributed by atoms with E-state index in [4.69, 9.17) is 5.73 Å². The molecule has 1 aliphatic rings. The van der Waals surface area contributed by atoms with Crippen LogP contribution in [0.3, 0.4) is 0 Å². The van der Waals surface area contributed by atoms with E-state index in [0.717, 1.165) is 5.92 Å². The van der Waals surface area contributed by atoms with Crippen LogP contribution in [0.15, 0.2) is 6.20 Å². The lowest BCUT2D eigenvalue weighted by Gasteiger charge is -2.19. The van der Waals surface area contributed by atoms with Gasteiger partial charge < -0.3 is 5.73 Å². The van der Waals surface area contributed by atoms with Crippen molar-refractivity contribution in [2.45, 2.75) is 25.8 Å². The van der Waals surface area contributed by atoms with Gasteiger partial charge in [0.25, 0.3) is 0 Å². The first-order valence-corrected chi connectivity index (χ1v) is 7.07. The van der Waals surface area contributed by atoms with Gasteiger partial charge in [0.2, 0.25) is 0 Å². The van der Waals surface area contributed by atoms with Crippen molar-refractivity contribution < 1.29 is 0 Å².